The molecule has 1 unspecified atom stereocenters. The van der Waals surface area contributed by atoms with Gasteiger partial charge in [0.2, 0.25) is 10.0 Å². The molecule has 0 spiro atoms. The Morgan fingerprint density at radius 2 is 2.32 bits per heavy atom. The molecule has 0 aliphatic carbocycles. The van der Waals surface area contributed by atoms with E-state index in [1.165, 1.54) is 10.5 Å². The Hall–Kier alpha value is -0.500. The van der Waals surface area contributed by atoms with Crippen molar-refractivity contribution >= 4 is 26.0 Å². The Balaban J connectivity index is 2.20. The number of hydrogen-bond acceptors (Lipinski definition) is 4. The lowest BCUT2D eigenvalue weighted by atomic mass is 10.2. The SMILES string of the molecule is CCN(CC1CCCN1)S(=O)(=O)c1cncc(Br)c1. The van der Waals surface area contributed by atoms with Crippen molar-refractivity contribution in [1.29, 1.82) is 0 Å². The van der Waals surface area contributed by atoms with Crippen molar-refractivity contribution in [2.45, 2.75) is 30.7 Å². The molecule has 1 aliphatic heterocycles. The highest BCUT2D eigenvalue weighted by molar-refractivity contribution is 9.10. The van der Waals surface area contributed by atoms with E-state index < -0.39 is 10.0 Å². The predicted molar refractivity (Wildman–Crippen MR) is 77.4 cm³/mol. The molecule has 0 aromatic carbocycles. The van der Waals surface area contributed by atoms with Gasteiger partial charge >= 0.3 is 0 Å². The second-order valence-corrected chi connectivity index (χ2v) is 7.44. The maximum atomic E-state index is 12.5. The molecule has 7 heteroatoms. The molecule has 1 aromatic rings. The fourth-order valence-corrected chi connectivity index (χ4v) is 4.24. The summed E-state index contributed by atoms with van der Waals surface area (Å²) in [6.45, 7) is 3.82. The summed E-state index contributed by atoms with van der Waals surface area (Å²) < 4.78 is 27.3. The zero-order valence-electron chi connectivity index (χ0n) is 10.8. The molecule has 1 N–H and O–H groups in total. The van der Waals surface area contributed by atoms with Crippen molar-refractivity contribution in [3.8, 4) is 0 Å². The molecule has 0 amide bonds. The molecule has 0 saturated carbocycles. The van der Waals surface area contributed by atoms with E-state index in [0.717, 1.165) is 19.4 Å². The molecule has 2 heterocycles. The largest absolute Gasteiger partial charge is 0.313 e. The first kappa shape index (κ1) is 14.9. The molecule has 1 atom stereocenters. The van der Waals surface area contributed by atoms with Gasteiger partial charge in [0.05, 0.1) is 0 Å². The molecule has 0 bridgehead atoms. The summed E-state index contributed by atoms with van der Waals surface area (Å²) in [5, 5.41) is 3.33. The predicted octanol–water partition coefficient (Wildman–Crippen LogP) is 1.61. The van der Waals surface area contributed by atoms with Crippen LogP contribution in [0.4, 0.5) is 0 Å². The van der Waals surface area contributed by atoms with Gasteiger partial charge in [-0.15, -0.1) is 0 Å². The zero-order valence-corrected chi connectivity index (χ0v) is 13.2. The van der Waals surface area contributed by atoms with Crippen molar-refractivity contribution < 1.29 is 8.42 Å². The topological polar surface area (TPSA) is 62.3 Å². The van der Waals surface area contributed by atoms with Crippen LogP contribution in [0.5, 0.6) is 0 Å². The van der Waals surface area contributed by atoms with Gasteiger partial charge in [-0.3, -0.25) is 4.98 Å². The first-order chi connectivity index (χ1) is 9.04. The molecule has 1 fully saturated rings. The number of nitrogens with zero attached hydrogens (tertiary/aromatic N) is 2. The monoisotopic (exact) mass is 347 g/mol. The Kier molecular flexibility index (Phi) is 4.94. The van der Waals surface area contributed by atoms with Gasteiger partial charge in [0.15, 0.2) is 0 Å². The second kappa shape index (κ2) is 6.30. The summed E-state index contributed by atoms with van der Waals surface area (Å²) in [7, 11) is -3.46. The van der Waals surface area contributed by atoms with E-state index in [9.17, 15) is 8.42 Å². The molecule has 106 valence electrons. The molecule has 0 radical (unpaired) electrons. The van der Waals surface area contributed by atoms with Crippen LogP contribution in [0.3, 0.4) is 0 Å². The third-order valence-corrected chi connectivity index (χ3v) is 5.60. The highest BCUT2D eigenvalue weighted by Gasteiger charge is 2.27. The number of rotatable bonds is 5. The maximum absolute atomic E-state index is 12.5. The van der Waals surface area contributed by atoms with Crippen LogP contribution in [0.1, 0.15) is 19.8 Å². The van der Waals surface area contributed by atoms with E-state index in [-0.39, 0.29) is 10.9 Å². The lowest BCUT2D eigenvalue weighted by Gasteiger charge is -2.23. The van der Waals surface area contributed by atoms with E-state index in [4.69, 9.17) is 0 Å². The van der Waals surface area contributed by atoms with E-state index in [2.05, 4.69) is 26.2 Å². The third-order valence-electron chi connectivity index (χ3n) is 3.26. The lowest BCUT2D eigenvalue weighted by Crippen LogP contribution is -2.40. The minimum atomic E-state index is -3.46. The number of nitrogens with one attached hydrogen (secondary N) is 1. The fraction of sp³-hybridized carbons (Fsp3) is 0.583. The summed E-state index contributed by atoms with van der Waals surface area (Å²) in [6.07, 6.45) is 5.11. The van der Waals surface area contributed by atoms with E-state index >= 15 is 0 Å². The number of halogens is 1. The summed E-state index contributed by atoms with van der Waals surface area (Å²) >= 11 is 3.26. The van der Waals surface area contributed by atoms with Crippen LogP contribution in [0.15, 0.2) is 27.8 Å². The summed E-state index contributed by atoms with van der Waals surface area (Å²) in [6, 6.07) is 1.85. The van der Waals surface area contributed by atoms with E-state index in [1.807, 2.05) is 6.92 Å². The normalized spacial score (nSPS) is 20.1. The maximum Gasteiger partial charge on any atom is 0.244 e. The Morgan fingerprint density at radius 3 is 2.89 bits per heavy atom. The average molecular weight is 348 g/mol. The van der Waals surface area contributed by atoms with Crippen molar-refractivity contribution in [3.05, 3.63) is 22.9 Å². The van der Waals surface area contributed by atoms with Gasteiger partial charge in [-0.2, -0.15) is 4.31 Å². The standard InChI is InChI=1S/C12H18BrN3O2S/c1-2-16(9-11-4-3-5-15-11)19(17,18)12-6-10(13)7-14-8-12/h6-8,11,15H,2-5,9H2,1H3. The molecule has 5 nitrogen and oxygen atoms in total. The molecule has 1 saturated heterocycles. The molecule has 1 aromatic heterocycles. The van der Waals surface area contributed by atoms with Crippen molar-refractivity contribution in [3.63, 3.8) is 0 Å². The lowest BCUT2D eigenvalue weighted by molar-refractivity contribution is 0.382. The van der Waals surface area contributed by atoms with Crippen molar-refractivity contribution in [1.82, 2.24) is 14.6 Å². The number of likely N-dealkylation sites (N-methyl/N-ethyl adjacent to an activating group) is 1. The first-order valence-corrected chi connectivity index (χ1v) is 8.61. The van der Waals surface area contributed by atoms with Crippen molar-refractivity contribution in [2.24, 2.45) is 0 Å². The minimum Gasteiger partial charge on any atom is -0.313 e. The Bertz CT molecular complexity index is 530. The second-order valence-electron chi connectivity index (χ2n) is 4.59. The Morgan fingerprint density at radius 1 is 1.53 bits per heavy atom. The number of sulfonamides is 1. The van der Waals surface area contributed by atoms with E-state index in [0.29, 0.717) is 17.6 Å². The van der Waals surface area contributed by atoms with Gasteiger partial charge in [0, 0.05) is 36.0 Å². The first-order valence-electron chi connectivity index (χ1n) is 6.38. The highest BCUT2D eigenvalue weighted by atomic mass is 79.9. The van der Waals surface area contributed by atoms with Crippen LogP contribution in [0.25, 0.3) is 0 Å². The highest BCUT2D eigenvalue weighted by Crippen LogP contribution is 2.20. The Labute approximate surface area is 122 Å². The van der Waals surface area contributed by atoms with Gasteiger partial charge in [-0.1, -0.05) is 6.92 Å². The zero-order chi connectivity index (χ0) is 13.9. The van der Waals surface area contributed by atoms with Crippen LogP contribution in [-0.2, 0) is 10.0 Å². The van der Waals surface area contributed by atoms with E-state index in [1.54, 1.807) is 12.3 Å². The quantitative estimate of drug-likeness (QED) is 0.878. The number of hydrogen-bond donors (Lipinski definition) is 1. The number of pyridine rings is 1. The van der Waals surface area contributed by atoms with Crippen LogP contribution in [-0.4, -0.2) is 43.4 Å². The molecular weight excluding hydrogens is 330 g/mol. The van der Waals surface area contributed by atoms with Gasteiger partial charge in [-0.05, 0) is 41.4 Å². The van der Waals surface area contributed by atoms with Crippen LogP contribution >= 0.6 is 15.9 Å². The molecule has 19 heavy (non-hydrogen) atoms. The molecule has 2 rings (SSSR count). The minimum absolute atomic E-state index is 0.238. The summed E-state index contributed by atoms with van der Waals surface area (Å²) in [5.41, 5.74) is 0. The van der Waals surface area contributed by atoms with Gasteiger partial charge in [0.1, 0.15) is 4.90 Å². The van der Waals surface area contributed by atoms with Crippen LogP contribution in [0.2, 0.25) is 0 Å². The number of aromatic nitrogens is 1. The van der Waals surface area contributed by atoms with Gasteiger partial charge in [-0.25, -0.2) is 8.42 Å². The summed E-state index contributed by atoms with van der Waals surface area (Å²) in [4.78, 5) is 4.17. The van der Waals surface area contributed by atoms with Gasteiger partial charge < -0.3 is 5.32 Å². The molecule has 1 aliphatic rings. The van der Waals surface area contributed by atoms with Crippen LogP contribution in [0, 0.1) is 0 Å². The van der Waals surface area contributed by atoms with Crippen LogP contribution < -0.4 is 5.32 Å². The average Bonchev–Trinajstić information content (AvgIpc) is 2.88. The van der Waals surface area contributed by atoms with Gasteiger partial charge in [0.25, 0.3) is 0 Å². The smallest absolute Gasteiger partial charge is 0.244 e. The van der Waals surface area contributed by atoms with Crippen molar-refractivity contribution in [2.75, 3.05) is 19.6 Å². The third kappa shape index (κ3) is 3.53. The summed E-state index contributed by atoms with van der Waals surface area (Å²) in [5.74, 6) is 0. The molecular formula is C12H18BrN3O2S. The fourth-order valence-electron chi connectivity index (χ4n) is 2.24.